The van der Waals surface area contributed by atoms with E-state index in [4.69, 9.17) is 5.73 Å². The van der Waals surface area contributed by atoms with Gasteiger partial charge in [0.25, 0.3) is 5.91 Å². The third kappa shape index (κ3) is 2.21. The van der Waals surface area contributed by atoms with E-state index in [2.05, 4.69) is 12.0 Å². The van der Waals surface area contributed by atoms with Gasteiger partial charge < -0.3 is 10.6 Å². The summed E-state index contributed by atoms with van der Waals surface area (Å²) in [5, 5.41) is 4.21. The number of likely N-dealkylation sites (tertiary alicyclic amines) is 1. The first-order valence-electron chi connectivity index (χ1n) is 6.62. The summed E-state index contributed by atoms with van der Waals surface area (Å²) in [5.41, 5.74) is 7.51. The van der Waals surface area contributed by atoms with Crippen molar-refractivity contribution in [3.8, 4) is 0 Å². The first-order chi connectivity index (χ1) is 9.15. The van der Waals surface area contributed by atoms with Gasteiger partial charge in [0.1, 0.15) is 0 Å². The van der Waals surface area contributed by atoms with Crippen LogP contribution in [0.4, 0.5) is 0 Å². The molecule has 5 nitrogen and oxygen atoms in total. The molecule has 0 radical (unpaired) electrons. The van der Waals surface area contributed by atoms with Crippen molar-refractivity contribution in [3.05, 3.63) is 36.2 Å². The van der Waals surface area contributed by atoms with Crippen LogP contribution in [0.15, 0.2) is 30.6 Å². The van der Waals surface area contributed by atoms with E-state index in [1.807, 2.05) is 29.3 Å². The first-order valence-corrected chi connectivity index (χ1v) is 6.62. The van der Waals surface area contributed by atoms with E-state index < -0.39 is 0 Å². The number of carbonyl (C=O) groups excluding carboxylic acids is 1. The lowest BCUT2D eigenvalue weighted by Crippen LogP contribution is -2.48. The molecular formula is C14H18N4O. The van der Waals surface area contributed by atoms with E-state index >= 15 is 0 Å². The van der Waals surface area contributed by atoms with E-state index in [9.17, 15) is 4.79 Å². The van der Waals surface area contributed by atoms with E-state index in [1.165, 1.54) is 0 Å². The second-order valence-electron chi connectivity index (χ2n) is 5.40. The fourth-order valence-electron chi connectivity index (χ4n) is 2.84. The molecule has 1 aliphatic rings. The molecule has 1 saturated heterocycles. The molecule has 100 valence electrons. The molecule has 3 rings (SSSR count). The molecule has 2 aromatic heterocycles. The highest BCUT2D eigenvalue weighted by Gasteiger charge is 2.27. The van der Waals surface area contributed by atoms with Crippen LogP contribution in [0, 0.1) is 5.92 Å². The van der Waals surface area contributed by atoms with Gasteiger partial charge in [-0.05, 0) is 24.5 Å². The average molecular weight is 258 g/mol. The highest BCUT2D eigenvalue weighted by atomic mass is 16.2. The predicted octanol–water partition coefficient (Wildman–Crippen LogP) is 1.14. The Morgan fingerprint density at radius 1 is 1.42 bits per heavy atom. The van der Waals surface area contributed by atoms with Gasteiger partial charge in [-0.2, -0.15) is 5.10 Å². The van der Waals surface area contributed by atoms with Crippen molar-refractivity contribution in [2.45, 2.75) is 19.4 Å². The number of hydrogen-bond acceptors (Lipinski definition) is 3. The molecule has 2 N–H and O–H groups in total. The summed E-state index contributed by atoms with van der Waals surface area (Å²) in [7, 11) is 0. The summed E-state index contributed by atoms with van der Waals surface area (Å²) < 4.78 is 1.72. The molecule has 2 unspecified atom stereocenters. The summed E-state index contributed by atoms with van der Waals surface area (Å²) in [6, 6.07) is 5.80. The van der Waals surface area contributed by atoms with Crippen molar-refractivity contribution in [2.75, 3.05) is 13.1 Å². The average Bonchev–Trinajstić information content (AvgIpc) is 2.80. The second-order valence-corrected chi connectivity index (χ2v) is 5.40. The van der Waals surface area contributed by atoms with E-state index in [1.54, 1.807) is 10.7 Å². The van der Waals surface area contributed by atoms with Gasteiger partial charge >= 0.3 is 0 Å². The van der Waals surface area contributed by atoms with Crippen LogP contribution in [0.2, 0.25) is 0 Å². The van der Waals surface area contributed by atoms with Crippen LogP contribution in [0.25, 0.3) is 5.52 Å². The maximum atomic E-state index is 12.6. The van der Waals surface area contributed by atoms with Gasteiger partial charge in [-0.25, -0.2) is 4.52 Å². The Hall–Kier alpha value is -1.88. The van der Waals surface area contributed by atoms with Gasteiger partial charge in [0.2, 0.25) is 0 Å². The van der Waals surface area contributed by atoms with Crippen LogP contribution in [0.3, 0.4) is 0 Å². The third-order valence-corrected chi connectivity index (χ3v) is 3.64. The molecule has 0 bridgehead atoms. The summed E-state index contributed by atoms with van der Waals surface area (Å²) >= 11 is 0. The maximum absolute atomic E-state index is 12.6. The van der Waals surface area contributed by atoms with Crippen molar-refractivity contribution >= 4 is 11.4 Å². The van der Waals surface area contributed by atoms with Crippen LogP contribution < -0.4 is 5.73 Å². The lowest BCUT2D eigenvalue weighted by Gasteiger charge is -2.34. The molecule has 3 heterocycles. The van der Waals surface area contributed by atoms with E-state index in [0.717, 1.165) is 18.5 Å². The van der Waals surface area contributed by atoms with Gasteiger partial charge in [-0.1, -0.05) is 13.0 Å². The highest BCUT2D eigenvalue weighted by molar-refractivity contribution is 6.00. The van der Waals surface area contributed by atoms with Gasteiger partial charge in [0.05, 0.1) is 17.3 Å². The van der Waals surface area contributed by atoms with Crippen molar-refractivity contribution in [3.63, 3.8) is 0 Å². The molecule has 19 heavy (non-hydrogen) atoms. The Bertz CT molecular complexity index is 596. The zero-order valence-corrected chi connectivity index (χ0v) is 11.0. The number of rotatable bonds is 1. The molecule has 1 amide bonds. The number of carbonyl (C=O) groups is 1. The lowest BCUT2D eigenvalue weighted by molar-refractivity contribution is 0.0663. The fraction of sp³-hybridized carbons (Fsp3) is 0.429. The largest absolute Gasteiger partial charge is 0.337 e. The highest BCUT2D eigenvalue weighted by Crippen LogP contribution is 2.19. The molecule has 1 fully saturated rings. The SMILES string of the molecule is CC1CC(N)CN(C(=O)c2cnn3ccccc23)C1. The number of amides is 1. The lowest BCUT2D eigenvalue weighted by atomic mass is 9.96. The zero-order valence-electron chi connectivity index (χ0n) is 11.0. The van der Waals surface area contributed by atoms with Crippen molar-refractivity contribution in [1.82, 2.24) is 14.5 Å². The number of piperidine rings is 1. The molecule has 0 aromatic carbocycles. The number of pyridine rings is 1. The van der Waals surface area contributed by atoms with Crippen LogP contribution in [-0.2, 0) is 0 Å². The minimum absolute atomic E-state index is 0.0307. The Labute approximate surface area is 112 Å². The Balaban J connectivity index is 1.91. The first kappa shape index (κ1) is 12.2. The summed E-state index contributed by atoms with van der Waals surface area (Å²) in [4.78, 5) is 14.4. The normalized spacial score (nSPS) is 23.8. The topological polar surface area (TPSA) is 63.6 Å². The van der Waals surface area contributed by atoms with Gasteiger partial charge in [-0.3, -0.25) is 4.79 Å². The molecule has 2 aromatic rings. The molecule has 0 aliphatic carbocycles. The Morgan fingerprint density at radius 2 is 2.26 bits per heavy atom. The minimum Gasteiger partial charge on any atom is -0.337 e. The monoisotopic (exact) mass is 258 g/mol. The van der Waals surface area contributed by atoms with Gasteiger partial charge in [-0.15, -0.1) is 0 Å². The van der Waals surface area contributed by atoms with Crippen LogP contribution in [0.1, 0.15) is 23.7 Å². The van der Waals surface area contributed by atoms with E-state index in [0.29, 0.717) is 18.0 Å². The number of hydrogen-bond donors (Lipinski definition) is 1. The fourth-order valence-corrected chi connectivity index (χ4v) is 2.84. The van der Waals surface area contributed by atoms with Crippen LogP contribution in [0.5, 0.6) is 0 Å². The molecule has 5 heteroatoms. The number of nitrogens with two attached hydrogens (primary N) is 1. The predicted molar refractivity (Wildman–Crippen MR) is 72.9 cm³/mol. The number of aromatic nitrogens is 2. The summed E-state index contributed by atoms with van der Waals surface area (Å²) in [6.07, 6.45) is 4.47. The maximum Gasteiger partial charge on any atom is 0.257 e. The number of nitrogens with zero attached hydrogens (tertiary/aromatic N) is 3. The Morgan fingerprint density at radius 3 is 3.05 bits per heavy atom. The molecular weight excluding hydrogens is 240 g/mol. The number of fused-ring (bicyclic) bond motifs is 1. The molecule has 2 atom stereocenters. The van der Waals surface area contributed by atoms with Crippen LogP contribution >= 0.6 is 0 Å². The summed E-state index contributed by atoms with van der Waals surface area (Å²) in [6.45, 7) is 3.54. The van der Waals surface area contributed by atoms with Crippen molar-refractivity contribution < 1.29 is 4.79 Å². The molecule has 1 aliphatic heterocycles. The van der Waals surface area contributed by atoms with Crippen molar-refractivity contribution in [1.29, 1.82) is 0 Å². The molecule has 0 spiro atoms. The second kappa shape index (κ2) is 4.66. The van der Waals surface area contributed by atoms with Crippen molar-refractivity contribution in [2.24, 2.45) is 11.7 Å². The third-order valence-electron chi connectivity index (χ3n) is 3.64. The molecule has 0 saturated carbocycles. The quantitative estimate of drug-likeness (QED) is 0.834. The van der Waals surface area contributed by atoms with E-state index in [-0.39, 0.29) is 11.9 Å². The van der Waals surface area contributed by atoms with Crippen LogP contribution in [-0.4, -0.2) is 39.6 Å². The zero-order chi connectivity index (χ0) is 13.4. The van der Waals surface area contributed by atoms with Gasteiger partial charge in [0, 0.05) is 25.3 Å². The standard InChI is InChI=1S/C14H18N4O/c1-10-6-11(15)9-17(8-10)14(19)12-7-16-18-5-3-2-4-13(12)18/h2-5,7,10-11H,6,8-9,15H2,1H3. The summed E-state index contributed by atoms with van der Waals surface area (Å²) in [5.74, 6) is 0.484. The smallest absolute Gasteiger partial charge is 0.257 e. The Kier molecular flexibility index (Phi) is 2.98. The van der Waals surface area contributed by atoms with Gasteiger partial charge in [0.15, 0.2) is 0 Å². The minimum atomic E-state index is 0.0307.